The van der Waals surface area contributed by atoms with Crippen LogP contribution in [0, 0.1) is 0 Å². The number of rotatable bonds is 5. The van der Waals surface area contributed by atoms with Crippen molar-refractivity contribution in [3.8, 4) is 0 Å². The number of pyridine rings is 1. The van der Waals surface area contributed by atoms with E-state index < -0.39 is 5.97 Å². The highest BCUT2D eigenvalue weighted by molar-refractivity contribution is 7.99. The second-order valence-corrected chi connectivity index (χ2v) is 5.21. The van der Waals surface area contributed by atoms with Crippen LogP contribution in [0.3, 0.4) is 0 Å². The predicted molar refractivity (Wildman–Crippen MR) is 67.7 cm³/mol. The maximum atomic E-state index is 11.8. The van der Waals surface area contributed by atoms with Gasteiger partial charge in [0.15, 0.2) is 0 Å². The van der Waals surface area contributed by atoms with Crippen LogP contribution in [0.2, 0.25) is 0 Å². The van der Waals surface area contributed by atoms with Gasteiger partial charge in [-0.05, 0) is 25.0 Å². The van der Waals surface area contributed by atoms with Crippen LogP contribution in [0.5, 0.6) is 0 Å². The summed E-state index contributed by atoms with van der Waals surface area (Å²) < 4.78 is 0. The van der Waals surface area contributed by atoms with Crippen molar-refractivity contribution in [1.82, 2.24) is 9.88 Å². The van der Waals surface area contributed by atoms with E-state index in [1.807, 2.05) is 7.05 Å². The van der Waals surface area contributed by atoms with Crippen molar-refractivity contribution in [1.29, 1.82) is 0 Å². The molecule has 96 valence electrons. The van der Waals surface area contributed by atoms with E-state index in [2.05, 4.69) is 4.98 Å². The molecule has 0 bridgehead atoms. The molecule has 0 saturated heterocycles. The van der Waals surface area contributed by atoms with E-state index in [0.717, 1.165) is 12.8 Å². The molecule has 1 saturated carbocycles. The Kier molecular flexibility index (Phi) is 3.86. The zero-order valence-corrected chi connectivity index (χ0v) is 10.8. The summed E-state index contributed by atoms with van der Waals surface area (Å²) >= 11 is 1.27. The summed E-state index contributed by atoms with van der Waals surface area (Å²) in [7, 11) is 1.81. The fourth-order valence-corrected chi connectivity index (χ4v) is 2.35. The Labute approximate surface area is 109 Å². The minimum absolute atomic E-state index is 0.0602. The molecule has 1 heterocycles. The number of aromatic carboxylic acids is 1. The number of amides is 1. The van der Waals surface area contributed by atoms with Crippen LogP contribution in [0.25, 0.3) is 0 Å². The third kappa shape index (κ3) is 3.22. The Morgan fingerprint density at radius 3 is 2.89 bits per heavy atom. The van der Waals surface area contributed by atoms with E-state index in [1.165, 1.54) is 30.1 Å². The molecule has 0 aromatic carbocycles. The Morgan fingerprint density at radius 2 is 2.28 bits per heavy atom. The van der Waals surface area contributed by atoms with Gasteiger partial charge in [-0.15, -0.1) is 0 Å². The summed E-state index contributed by atoms with van der Waals surface area (Å²) in [5.74, 6) is -0.631. The van der Waals surface area contributed by atoms with E-state index in [1.54, 1.807) is 4.90 Å². The number of hydrogen-bond acceptors (Lipinski definition) is 4. The Bertz CT molecular complexity index is 474. The molecule has 0 aliphatic heterocycles. The molecule has 1 amide bonds. The quantitative estimate of drug-likeness (QED) is 0.818. The first kappa shape index (κ1) is 12.9. The van der Waals surface area contributed by atoms with Gasteiger partial charge in [0.05, 0.1) is 16.3 Å². The summed E-state index contributed by atoms with van der Waals surface area (Å²) in [6.45, 7) is 0. The van der Waals surface area contributed by atoms with Gasteiger partial charge in [-0.25, -0.2) is 9.78 Å². The lowest BCUT2D eigenvalue weighted by Gasteiger charge is -2.15. The molecule has 0 spiro atoms. The van der Waals surface area contributed by atoms with Crippen LogP contribution in [-0.4, -0.2) is 45.7 Å². The van der Waals surface area contributed by atoms with Crippen LogP contribution >= 0.6 is 11.8 Å². The van der Waals surface area contributed by atoms with Gasteiger partial charge in [-0.3, -0.25) is 4.79 Å². The van der Waals surface area contributed by atoms with Crippen molar-refractivity contribution in [2.45, 2.75) is 23.9 Å². The lowest BCUT2D eigenvalue weighted by atomic mass is 10.3. The lowest BCUT2D eigenvalue weighted by molar-refractivity contribution is -0.127. The summed E-state index contributed by atoms with van der Waals surface area (Å²) in [5, 5.41) is 9.41. The molecule has 0 atom stereocenters. The highest BCUT2D eigenvalue weighted by Crippen LogP contribution is 2.26. The Balaban J connectivity index is 1.91. The van der Waals surface area contributed by atoms with E-state index >= 15 is 0 Å². The molecule has 0 radical (unpaired) electrons. The fraction of sp³-hybridized carbons (Fsp3) is 0.417. The van der Waals surface area contributed by atoms with Gasteiger partial charge in [0, 0.05) is 19.3 Å². The maximum Gasteiger partial charge on any atom is 0.335 e. The van der Waals surface area contributed by atoms with Crippen molar-refractivity contribution >= 4 is 23.6 Å². The lowest BCUT2D eigenvalue weighted by Crippen LogP contribution is -2.30. The second-order valence-electron chi connectivity index (χ2n) is 4.21. The van der Waals surface area contributed by atoms with Crippen LogP contribution in [-0.2, 0) is 4.79 Å². The molecule has 1 aromatic heterocycles. The van der Waals surface area contributed by atoms with Gasteiger partial charge < -0.3 is 10.0 Å². The first-order chi connectivity index (χ1) is 8.58. The Hall–Kier alpha value is -1.56. The van der Waals surface area contributed by atoms with Crippen molar-refractivity contribution < 1.29 is 14.7 Å². The van der Waals surface area contributed by atoms with E-state index in [-0.39, 0.29) is 11.5 Å². The predicted octanol–water partition coefficient (Wildman–Crippen LogP) is 1.49. The van der Waals surface area contributed by atoms with Crippen LogP contribution in [0.4, 0.5) is 0 Å². The van der Waals surface area contributed by atoms with Gasteiger partial charge in [0.25, 0.3) is 0 Å². The van der Waals surface area contributed by atoms with Gasteiger partial charge in [-0.2, -0.15) is 0 Å². The largest absolute Gasteiger partial charge is 0.478 e. The van der Waals surface area contributed by atoms with E-state index in [0.29, 0.717) is 16.8 Å². The van der Waals surface area contributed by atoms with Crippen molar-refractivity contribution in [2.75, 3.05) is 12.8 Å². The second kappa shape index (κ2) is 5.39. The molecule has 6 heteroatoms. The molecule has 5 nitrogen and oxygen atoms in total. The molecular weight excluding hydrogens is 252 g/mol. The molecule has 18 heavy (non-hydrogen) atoms. The van der Waals surface area contributed by atoms with Crippen LogP contribution < -0.4 is 0 Å². The number of carboxylic acid groups (broad SMARTS) is 1. The molecule has 1 fully saturated rings. The SMILES string of the molecule is CN(C(=O)CSc1cc(C(=O)O)ccn1)C1CC1. The zero-order valence-electron chi connectivity index (χ0n) is 10.00. The first-order valence-corrected chi connectivity index (χ1v) is 6.64. The summed E-state index contributed by atoms with van der Waals surface area (Å²) in [5.41, 5.74) is 0.190. The standard InChI is InChI=1S/C12H14N2O3S/c1-14(9-2-3-9)11(15)7-18-10-6-8(12(16)17)4-5-13-10/h4-6,9H,2-3,7H2,1H3,(H,16,17). The minimum Gasteiger partial charge on any atom is -0.478 e. The van der Waals surface area contributed by atoms with E-state index in [9.17, 15) is 9.59 Å². The summed E-state index contributed by atoms with van der Waals surface area (Å²) in [4.78, 5) is 28.4. The zero-order chi connectivity index (χ0) is 13.1. The number of thioether (sulfide) groups is 1. The number of carboxylic acids is 1. The van der Waals surface area contributed by atoms with Crippen molar-refractivity contribution in [3.05, 3.63) is 23.9 Å². The van der Waals surface area contributed by atoms with Crippen molar-refractivity contribution in [2.24, 2.45) is 0 Å². The van der Waals surface area contributed by atoms with Gasteiger partial charge >= 0.3 is 5.97 Å². The fourth-order valence-electron chi connectivity index (χ4n) is 1.52. The average Bonchev–Trinajstić information content (AvgIpc) is 3.19. The maximum absolute atomic E-state index is 11.8. The highest BCUT2D eigenvalue weighted by Gasteiger charge is 2.29. The minimum atomic E-state index is -0.985. The molecular formula is C12H14N2O3S. The monoisotopic (exact) mass is 266 g/mol. The van der Waals surface area contributed by atoms with Crippen LogP contribution in [0.1, 0.15) is 23.2 Å². The Morgan fingerprint density at radius 1 is 1.56 bits per heavy atom. The molecule has 1 aliphatic rings. The number of aromatic nitrogens is 1. The molecule has 1 aromatic rings. The summed E-state index contributed by atoms with van der Waals surface area (Å²) in [6.07, 6.45) is 3.61. The van der Waals surface area contributed by atoms with Gasteiger partial charge in [0.1, 0.15) is 0 Å². The van der Waals surface area contributed by atoms with Crippen LogP contribution in [0.15, 0.2) is 23.4 Å². The molecule has 1 N–H and O–H groups in total. The summed E-state index contributed by atoms with van der Waals surface area (Å²) in [6, 6.07) is 3.32. The van der Waals surface area contributed by atoms with Gasteiger partial charge in [0.2, 0.25) is 5.91 Å². The number of carbonyl (C=O) groups excluding carboxylic acids is 1. The first-order valence-electron chi connectivity index (χ1n) is 5.65. The molecule has 1 aliphatic carbocycles. The number of hydrogen-bond donors (Lipinski definition) is 1. The smallest absolute Gasteiger partial charge is 0.335 e. The molecule has 0 unspecified atom stereocenters. The van der Waals surface area contributed by atoms with Gasteiger partial charge in [-0.1, -0.05) is 11.8 Å². The normalized spacial score (nSPS) is 14.3. The third-order valence-corrected chi connectivity index (χ3v) is 3.72. The number of carbonyl (C=O) groups is 2. The number of nitrogens with zero attached hydrogens (tertiary/aromatic N) is 2. The van der Waals surface area contributed by atoms with Crippen molar-refractivity contribution in [3.63, 3.8) is 0 Å². The topological polar surface area (TPSA) is 70.5 Å². The molecule has 2 rings (SSSR count). The highest BCUT2D eigenvalue weighted by atomic mass is 32.2. The van der Waals surface area contributed by atoms with E-state index in [4.69, 9.17) is 5.11 Å². The average molecular weight is 266 g/mol. The third-order valence-electron chi connectivity index (χ3n) is 2.81.